The minimum Gasteiger partial charge on any atom is -0.356 e. The van der Waals surface area contributed by atoms with Crippen molar-refractivity contribution in [1.29, 1.82) is 0 Å². The van der Waals surface area contributed by atoms with Gasteiger partial charge in [0.1, 0.15) is 11.2 Å². The lowest BCUT2D eigenvalue weighted by atomic mass is 10.1. The highest BCUT2D eigenvalue weighted by Crippen LogP contribution is 2.33. The van der Waals surface area contributed by atoms with Gasteiger partial charge in [-0.3, -0.25) is 14.2 Å². The van der Waals surface area contributed by atoms with Gasteiger partial charge in [-0.25, -0.2) is 14.1 Å². The summed E-state index contributed by atoms with van der Waals surface area (Å²) >= 11 is 1.47. The summed E-state index contributed by atoms with van der Waals surface area (Å²) in [6.07, 6.45) is 8.81. The lowest BCUT2D eigenvalue weighted by molar-refractivity contribution is -0.121. The van der Waals surface area contributed by atoms with Crippen molar-refractivity contribution in [3.05, 3.63) is 46.6 Å². The minimum atomic E-state index is -0.340. The molecule has 1 amide bonds. The molecular weight excluding hydrogens is 429 g/mol. The quantitative estimate of drug-likeness (QED) is 0.364. The van der Waals surface area contributed by atoms with Crippen molar-refractivity contribution in [1.82, 2.24) is 24.6 Å². The summed E-state index contributed by atoms with van der Waals surface area (Å²) in [4.78, 5) is 30.2. The van der Waals surface area contributed by atoms with Gasteiger partial charge in [-0.1, -0.05) is 50.8 Å². The zero-order valence-electron chi connectivity index (χ0n) is 18.2. The van der Waals surface area contributed by atoms with Gasteiger partial charge in [-0.15, -0.1) is 0 Å². The number of hydrogen-bond donors (Lipinski definition) is 1. The smallest absolute Gasteiger partial charge is 0.265 e. The Morgan fingerprint density at radius 1 is 1.19 bits per heavy atom. The normalized spacial score (nSPS) is 15.2. The molecule has 1 atom stereocenters. The van der Waals surface area contributed by atoms with E-state index in [9.17, 15) is 14.0 Å². The summed E-state index contributed by atoms with van der Waals surface area (Å²) in [5.74, 6) is 0.252. The molecule has 4 rings (SSSR count). The first-order valence-electron chi connectivity index (χ1n) is 11.2. The number of fused-ring (bicyclic) bond motifs is 2. The Labute approximate surface area is 190 Å². The maximum atomic E-state index is 13.3. The fraction of sp³-hybridized carbons (Fsp3) is 0.478. The van der Waals surface area contributed by atoms with Crippen LogP contribution in [-0.4, -0.2) is 37.5 Å². The van der Waals surface area contributed by atoms with Gasteiger partial charge in [-0.05, 0) is 30.7 Å². The zero-order valence-corrected chi connectivity index (χ0v) is 19.0. The Hall–Kier alpha value is -2.68. The van der Waals surface area contributed by atoms with Crippen LogP contribution in [-0.2, 0) is 4.79 Å². The lowest BCUT2D eigenvalue weighted by Gasteiger charge is -2.13. The lowest BCUT2D eigenvalue weighted by Crippen LogP contribution is -2.31. The topological polar surface area (TPSA) is 81.8 Å². The predicted molar refractivity (Wildman–Crippen MR) is 124 cm³/mol. The highest BCUT2D eigenvalue weighted by atomic mass is 32.2. The number of aromatic nitrogens is 4. The first kappa shape index (κ1) is 22.5. The van der Waals surface area contributed by atoms with Crippen molar-refractivity contribution < 1.29 is 9.18 Å². The van der Waals surface area contributed by atoms with Crippen molar-refractivity contribution in [2.24, 2.45) is 0 Å². The number of benzene rings is 1. The van der Waals surface area contributed by atoms with Crippen molar-refractivity contribution in [2.75, 3.05) is 12.3 Å². The molecule has 0 spiro atoms. The maximum Gasteiger partial charge on any atom is 0.265 e. The molecule has 0 aliphatic carbocycles. The number of nitrogens with zero attached hydrogens (tertiary/aromatic N) is 4. The summed E-state index contributed by atoms with van der Waals surface area (Å²) in [5.41, 5.74) is 0.873. The van der Waals surface area contributed by atoms with E-state index in [1.54, 1.807) is 16.7 Å². The summed E-state index contributed by atoms with van der Waals surface area (Å²) in [5, 5.41) is 8.25. The van der Waals surface area contributed by atoms with Crippen molar-refractivity contribution >= 4 is 28.7 Å². The molecule has 2 aromatic heterocycles. The predicted octanol–water partition coefficient (Wildman–Crippen LogP) is 4.23. The average molecular weight is 458 g/mol. The molecule has 1 aromatic carbocycles. The maximum absolute atomic E-state index is 13.3. The number of hydrogen-bond acceptors (Lipinski definition) is 5. The Balaban J connectivity index is 1.43. The molecule has 1 N–H and O–H groups in total. The molecule has 9 heteroatoms. The number of nitrogens with one attached hydrogen (secondary N) is 1. The first-order chi connectivity index (χ1) is 15.6. The Morgan fingerprint density at radius 2 is 1.94 bits per heavy atom. The standard InChI is InChI=1S/C23H28FN5O2S/c1-2-3-4-5-6-7-12-25-20(30)13-18-15-32-23-27-21-19(22(31)28(18)23)14-26-29(21)17-10-8-16(24)9-11-17/h8-11,14,18H,2-7,12-13,15H2,1H3,(H,25,30). The fourth-order valence-corrected chi connectivity index (χ4v) is 5.10. The molecule has 0 saturated heterocycles. The molecule has 7 nitrogen and oxygen atoms in total. The molecule has 0 saturated carbocycles. The molecule has 0 fully saturated rings. The largest absolute Gasteiger partial charge is 0.356 e. The highest BCUT2D eigenvalue weighted by Gasteiger charge is 2.29. The fourth-order valence-electron chi connectivity index (χ4n) is 3.97. The van der Waals surface area contributed by atoms with Gasteiger partial charge in [0.2, 0.25) is 5.91 Å². The molecule has 32 heavy (non-hydrogen) atoms. The average Bonchev–Trinajstić information content (AvgIpc) is 3.39. The van der Waals surface area contributed by atoms with Crippen molar-refractivity contribution in [3.8, 4) is 5.69 Å². The van der Waals surface area contributed by atoms with Crippen LogP contribution in [0.15, 0.2) is 40.4 Å². The number of rotatable bonds is 10. The summed E-state index contributed by atoms with van der Waals surface area (Å²) in [7, 11) is 0. The number of carbonyl (C=O) groups excluding carboxylic acids is 1. The monoisotopic (exact) mass is 457 g/mol. The second kappa shape index (κ2) is 10.3. The molecule has 0 radical (unpaired) electrons. The van der Waals surface area contributed by atoms with Crippen LogP contribution in [0.2, 0.25) is 0 Å². The molecule has 1 aliphatic heterocycles. The summed E-state index contributed by atoms with van der Waals surface area (Å²) in [6.45, 7) is 2.87. The number of carbonyl (C=O) groups is 1. The molecule has 3 heterocycles. The third kappa shape index (κ3) is 4.87. The molecule has 3 aromatic rings. The van der Waals surface area contributed by atoms with Gasteiger partial charge in [0.15, 0.2) is 10.8 Å². The number of unbranched alkanes of at least 4 members (excludes halogenated alkanes) is 5. The van der Waals surface area contributed by atoms with E-state index in [2.05, 4.69) is 22.3 Å². The van der Waals surface area contributed by atoms with Crippen LogP contribution in [0.3, 0.4) is 0 Å². The van der Waals surface area contributed by atoms with Crippen LogP contribution in [0.25, 0.3) is 16.7 Å². The first-order valence-corrected chi connectivity index (χ1v) is 12.2. The van der Waals surface area contributed by atoms with Gasteiger partial charge in [0.05, 0.1) is 17.9 Å². The molecule has 170 valence electrons. The number of halogens is 1. The van der Waals surface area contributed by atoms with Gasteiger partial charge >= 0.3 is 0 Å². The third-order valence-electron chi connectivity index (χ3n) is 5.72. The molecular formula is C23H28FN5O2S. The zero-order chi connectivity index (χ0) is 22.5. The van der Waals surface area contributed by atoms with Gasteiger partial charge in [0, 0.05) is 18.7 Å². The van der Waals surface area contributed by atoms with E-state index in [1.165, 1.54) is 60.5 Å². The number of amides is 1. The van der Waals surface area contributed by atoms with E-state index >= 15 is 0 Å². The summed E-state index contributed by atoms with van der Waals surface area (Å²) in [6, 6.07) is 5.66. The molecule has 0 bridgehead atoms. The van der Waals surface area contributed by atoms with E-state index in [-0.39, 0.29) is 29.7 Å². The van der Waals surface area contributed by atoms with E-state index < -0.39 is 0 Å². The van der Waals surface area contributed by atoms with Crippen LogP contribution < -0.4 is 10.9 Å². The Kier molecular flexibility index (Phi) is 7.24. The van der Waals surface area contributed by atoms with Crippen molar-refractivity contribution in [2.45, 2.75) is 63.1 Å². The van der Waals surface area contributed by atoms with Crippen LogP contribution in [0.4, 0.5) is 4.39 Å². The summed E-state index contributed by atoms with van der Waals surface area (Å²) < 4.78 is 16.4. The molecule has 1 aliphatic rings. The van der Waals surface area contributed by atoms with E-state index in [4.69, 9.17) is 0 Å². The SMILES string of the molecule is CCCCCCCCNC(=O)CC1CSc2nc3c(cnn3-c3ccc(F)cc3)c(=O)n21. The van der Waals surface area contributed by atoms with Crippen LogP contribution >= 0.6 is 11.8 Å². The van der Waals surface area contributed by atoms with E-state index in [1.807, 2.05) is 0 Å². The van der Waals surface area contributed by atoms with Crippen LogP contribution in [0.1, 0.15) is 57.9 Å². The second-order valence-electron chi connectivity index (χ2n) is 8.13. The van der Waals surface area contributed by atoms with Gasteiger partial charge in [0.25, 0.3) is 5.56 Å². The van der Waals surface area contributed by atoms with Crippen LogP contribution in [0, 0.1) is 5.82 Å². The highest BCUT2D eigenvalue weighted by molar-refractivity contribution is 7.99. The van der Waals surface area contributed by atoms with Crippen LogP contribution in [0.5, 0.6) is 0 Å². The third-order valence-corrected chi connectivity index (χ3v) is 6.81. The van der Waals surface area contributed by atoms with Gasteiger partial charge in [-0.2, -0.15) is 5.10 Å². The second-order valence-corrected chi connectivity index (χ2v) is 9.11. The van der Waals surface area contributed by atoms with E-state index in [0.717, 1.165) is 12.8 Å². The number of thioether (sulfide) groups is 1. The molecule has 1 unspecified atom stereocenters. The van der Waals surface area contributed by atoms with Gasteiger partial charge < -0.3 is 5.32 Å². The Morgan fingerprint density at radius 3 is 2.72 bits per heavy atom. The van der Waals surface area contributed by atoms with E-state index in [0.29, 0.717) is 34.2 Å². The Bertz CT molecular complexity index is 1140. The van der Waals surface area contributed by atoms with Crippen molar-refractivity contribution in [3.63, 3.8) is 0 Å². The minimum absolute atomic E-state index is 0.0361.